The summed E-state index contributed by atoms with van der Waals surface area (Å²) >= 11 is 0. The highest BCUT2D eigenvalue weighted by Crippen LogP contribution is 2.25. The van der Waals surface area contributed by atoms with E-state index >= 15 is 0 Å². The summed E-state index contributed by atoms with van der Waals surface area (Å²) < 4.78 is 11.2. The SMILES string of the molecule is CCCCc1ccc(-n2c(C)c(C)n3c4c(=O)n(CCC(=O)OCC)c(=O)n(C)c4nc23)cc1. The molecule has 0 amide bonds. The van der Waals surface area contributed by atoms with Gasteiger partial charge in [-0.05, 0) is 51.3 Å². The average Bonchev–Trinajstić information content (AvgIpc) is 3.32. The van der Waals surface area contributed by atoms with Crippen molar-refractivity contribution in [3.8, 4) is 5.69 Å². The summed E-state index contributed by atoms with van der Waals surface area (Å²) in [4.78, 5) is 42.9. The number of hydrogen-bond donors (Lipinski definition) is 0. The minimum absolute atomic E-state index is 0.0501. The van der Waals surface area contributed by atoms with Gasteiger partial charge in [-0.2, -0.15) is 4.98 Å². The van der Waals surface area contributed by atoms with E-state index in [-0.39, 0.29) is 19.6 Å². The Morgan fingerprint density at radius 2 is 1.76 bits per heavy atom. The average molecular weight is 466 g/mol. The van der Waals surface area contributed by atoms with E-state index in [0.717, 1.165) is 40.9 Å². The van der Waals surface area contributed by atoms with E-state index in [1.54, 1.807) is 18.4 Å². The number of imidazole rings is 2. The molecule has 0 unspecified atom stereocenters. The number of aryl methyl sites for hydroxylation is 3. The van der Waals surface area contributed by atoms with Crippen molar-refractivity contribution >= 4 is 22.9 Å². The van der Waals surface area contributed by atoms with Crippen LogP contribution in [0.5, 0.6) is 0 Å². The van der Waals surface area contributed by atoms with Gasteiger partial charge < -0.3 is 4.74 Å². The third-order valence-electron chi connectivity index (χ3n) is 6.38. The van der Waals surface area contributed by atoms with Gasteiger partial charge in [-0.15, -0.1) is 0 Å². The Bertz CT molecular complexity index is 1480. The molecule has 0 atom stereocenters. The second-order valence-corrected chi connectivity index (χ2v) is 8.55. The summed E-state index contributed by atoms with van der Waals surface area (Å²) in [6.45, 7) is 8.01. The summed E-state index contributed by atoms with van der Waals surface area (Å²) in [5.74, 6) is 0.122. The van der Waals surface area contributed by atoms with Crippen molar-refractivity contribution in [3.05, 3.63) is 62.1 Å². The molecular formula is C25H31N5O4. The molecule has 34 heavy (non-hydrogen) atoms. The number of aromatic nitrogens is 5. The van der Waals surface area contributed by atoms with Crippen LogP contribution in [-0.2, 0) is 29.5 Å². The largest absolute Gasteiger partial charge is 0.466 e. The van der Waals surface area contributed by atoms with Crippen molar-refractivity contribution < 1.29 is 9.53 Å². The van der Waals surface area contributed by atoms with Gasteiger partial charge in [0.2, 0.25) is 5.78 Å². The van der Waals surface area contributed by atoms with Crippen LogP contribution < -0.4 is 11.2 Å². The van der Waals surface area contributed by atoms with E-state index < -0.39 is 17.2 Å². The zero-order valence-corrected chi connectivity index (χ0v) is 20.4. The van der Waals surface area contributed by atoms with E-state index in [1.165, 1.54) is 10.1 Å². The minimum atomic E-state index is -0.510. The number of ether oxygens (including phenoxy) is 1. The van der Waals surface area contributed by atoms with Crippen LogP contribution in [0.4, 0.5) is 0 Å². The molecular weight excluding hydrogens is 434 g/mol. The van der Waals surface area contributed by atoms with Gasteiger partial charge in [0.25, 0.3) is 5.56 Å². The number of unbranched alkanes of at least 4 members (excludes halogenated alkanes) is 1. The fourth-order valence-electron chi connectivity index (χ4n) is 4.39. The molecule has 0 fully saturated rings. The van der Waals surface area contributed by atoms with Crippen LogP contribution in [0.1, 0.15) is 50.1 Å². The van der Waals surface area contributed by atoms with Crippen molar-refractivity contribution in [1.82, 2.24) is 23.1 Å². The van der Waals surface area contributed by atoms with Gasteiger partial charge in [-0.3, -0.25) is 27.7 Å². The fourth-order valence-corrected chi connectivity index (χ4v) is 4.39. The van der Waals surface area contributed by atoms with Crippen LogP contribution in [0, 0.1) is 13.8 Å². The molecule has 0 aliphatic rings. The topological polar surface area (TPSA) is 92.5 Å². The number of benzene rings is 1. The number of esters is 1. The normalized spacial score (nSPS) is 11.6. The molecule has 3 heterocycles. The predicted octanol–water partition coefficient (Wildman–Crippen LogP) is 3.05. The van der Waals surface area contributed by atoms with E-state index in [1.807, 2.05) is 18.4 Å². The summed E-state index contributed by atoms with van der Waals surface area (Å²) in [6, 6.07) is 8.37. The first kappa shape index (κ1) is 23.5. The Labute approximate surface area is 197 Å². The Kier molecular flexibility index (Phi) is 6.45. The quantitative estimate of drug-likeness (QED) is 0.373. The van der Waals surface area contributed by atoms with Crippen molar-refractivity contribution in [2.24, 2.45) is 7.05 Å². The van der Waals surface area contributed by atoms with Crippen molar-refractivity contribution in [1.29, 1.82) is 0 Å². The molecule has 4 rings (SSSR count). The summed E-state index contributed by atoms with van der Waals surface area (Å²) in [7, 11) is 1.59. The molecule has 9 nitrogen and oxygen atoms in total. The van der Waals surface area contributed by atoms with Gasteiger partial charge in [-0.25, -0.2) is 4.79 Å². The highest BCUT2D eigenvalue weighted by atomic mass is 16.5. The lowest BCUT2D eigenvalue weighted by Crippen LogP contribution is -2.40. The predicted molar refractivity (Wildman–Crippen MR) is 131 cm³/mol. The first-order chi connectivity index (χ1) is 16.3. The van der Waals surface area contributed by atoms with Crippen LogP contribution >= 0.6 is 0 Å². The van der Waals surface area contributed by atoms with E-state index in [4.69, 9.17) is 9.72 Å². The molecule has 0 saturated heterocycles. The second-order valence-electron chi connectivity index (χ2n) is 8.55. The van der Waals surface area contributed by atoms with Crippen molar-refractivity contribution in [2.45, 2.75) is 59.9 Å². The van der Waals surface area contributed by atoms with Crippen LogP contribution in [0.2, 0.25) is 0 Å². The van der Waals surface area contributed by atoms with Crippen molar-refractivity contribution in [2.75, 3.05) is 6.61 Å². The Morgan fingerprint density at radius 3 is 2.41 bits per heavy atom. The lowest BCUT2D eigenvalue weighted by molar-refractivity contribution is -0.143. The maximum Gasteiger partial charge on any atom is 0.332 e. The fraction of sp³-hybridized carbons (Fsp3) is 0.440. The number of hydrogen-bond acceptors (Lipinski definition) is 5. The summed E-state index contributed by atoms with van der Waals surface area (Å²) in [6.07, 6.45) is 3.28. The van der Waals surface area contributed by atoms with E-state index in [0.29, 0.717) is 16.9 Å². The molecule has 0 bridgehead atoms. The molecule has 180 valence electrons. The highest BCUT2D eigenvalue weighted by molar-refractivity contribution is 5.77. The third-order valence-corrected chi connectivity index (χ3v) is 6.38. The number of carbonyl (C=O) groups excluding carboxylic acids is 1. The monoisotopic (exact) mass is 465 g/mol. The van der Waals surface area contributed by atoms with E-state index in [9.17, 15) is 14.4 Å². The Hall–Kier alpha value is -3.62. The lowest BCUT2D eigenvalue weighted by Gasteiger charge is -2.09. The zero-order valence-electron chi connectivity index (χ0n) is 20.4. The molecule has 0 spiro atoms. The number of carbonyl (C=O) groups is 1. The molecule has 0 aliphatic carbocycles. The molecule has 9 heteroatoms. The third kappa shape index (κ3) is 3.85. The number of nitrogens with zero attached hydrogens (tertiary/aromatic N) is 5. The standard InChI is InChI=1S/C25H31N5O4/c1-6-8-9-18-10-12-19(13-11-18)29-16(3)17(4)30-21-22(26-24(29)30)27(5)25(33)28(23(21)32)15-14-20(31)34-7-2/h10-13H,6-9,14-15H2,1-5H3. The molecule has 4 aromatic rings. The maximum absolute atomic E-state index is 13.4. The molecule has 0 radical (unpaired) electrons. The van der Waals surface area contributed by atoms with Crippen LogP contribution in [-0.4, -0.2) is 35.7 Å². The van der Waals surface area contributed by atoms with Crippen LogP contribution in [0.15, 0.2) is 33.9 Å². The summed E-state index contributed by atoms with van der Waals surface area (Å²) in [5.41, 5.74) is 3.70. The smallest absolute Gasteiger partial charge is 0.332 e. The summed E-state index contributed by atoms with van der Waals surface area (Å²) in [5, 5.41) is 0. The molecule has 1 aromatic carbocycles. The van der Waals surface area contributed by atoms with Gasteiger partial charge >= 0.3 is 11.7 Å². The van der Waals surface area contributed by atoms with Gasteiger partial charge in [0.15, 0.2) is 11.2 Å². The lowest BCUT2D eigenvalue weighted by atomic mass is 10.1. The van der Waals surface area contributed by atoms with Gasteiger partial charge in [0.1, 0.15) is 0 Å². The molecule has 3 aromatic heterocycles. The molecule has 0 N–H and O–H groups in total. The maximum atomic E-state index is 13.4. The second kappa shape index (κ2) is 9.32. The first-order valence-corrected chi connectivity index (χ1v) is 11.7. The van der Waals surface area contributed by atoms with Gasteiger partial charge in [-0.1, -0.05) is 25.5 Å². The minimum Gasteiger partial charge on any atom is -0.466 e. The first-order valence-electron chi connectivity index (χ1n) is 11.7. The van der Waals surface area contributed by atoms with E-state index in [2.05, 4.69) is 31.2 Å². The van der Waals surface area contributed by atoms with Crippen LogP contribution in [0.3, 0.4) is 0 Å². The van der Waals surface area contributed by atoms with Crippen molar-refractivity contribution in [3.63, 3.8) is 0 Å². The number of rotatable bonds is 8. The Morgan fingerprint density at radius 1 is 1.06 bits per heavy atom. The highest BCUT2D eigenvalue weighted by Gasteiger charge is 2.23. The number of fused-ring (bicyclic) bond motifs is 3. The van der Waals surface area contributed by atoms with Gasteiger partial charge in [0, 0.05) is 30.7 Å². The molecule has 0 aliphatic heterocycles. The Balaban J connectivity index is 1.89. The molecule has 0 saturated carbocycles. The van der Waals surface area contributed by atoms with Gasteiger partial charge in [0.05, 0.1) is 13.0 Å². The zero-order chi connectivity index (χ0) is 24.6. The van der Waals surface area contributed by atoms with Crippen LogP contribution in [0.25, 0.3) is 22.6 Å².